The number of aliphatic hydroxyl groups is 1. The van der Waals surface area contributed by atoms with E-state index in [4.69, 9.17) is 19.6 Å². The maximum Gasteiger partial charge on any atom is 1.00 e. The Morgan fingerprint density at radius 1 is 1.17 bits per heavy atom. The van der Waals surface area contributed by atoms with E-state index < -0.39 is 32.6 Å². The number of aliphatic hydroxyl groups excluding tert-OH is 1. The minimum absolute atomic E-state index is 0. The SMILES string of the molecule is O=P(O)(O)C(O)C(C1CCCNC1)P(=O)(O)O.[H-].[Na+]. The molecule has 1 heterocycles. The zero-order valence-electron chi connectivity index (χ0n) is 11.0. The van der Waals surface area contributed by atoms with Crippen molar-refractivity contribution in [2.45, 2.75) is 24.3 Å². The molecule has 3 unspecified atom stereocenters. The van der Waals surface area contributed by atoms with Crippen LogP contribution in [-0.2, 0) is 9.13 Å². The fraction of sp³-hybridized carbons (Fsp3) is 1.00. The molecule has 3 atom stereocenters. The monoisotopic (exact) mass is 313 g/mol. The van der Waals surface area contributed by atoms with Crippen LogP contribution in [0.4, 0.5) is 0 Å². The Balaban J connectivity index is 0. The molecule has 1 aliphatic heterocycles. The molecule has 0 amide bonds. The van der Waals surface area contributed by atoms with Gasteiger partial charge in [-0.05, 0) is 31.8 Å². The van der Waals surface area contributed by atoms with Gasteiger partial charge < -0.3 is 31.4 Å². The fourth-order valence-corrected chi connectivity index (χ4v) is 4.90. The van der Waals surface area contributed by atoms with Crippen LogP contribution in [0, 0.1) is 5.92 Å². The Bertz CT molecular complexity index is 355. The third-order valence-electron chi connectivity index (χ3n) is 2.86. The van der Waals surface area contributed by atoms with Gasteiger partial charge in [-0.2, -0.15) is 0 Å². The molecule has 8 nitrogen and oxygen atoms in total. The maximum atomic E-state index is 11.3. The topological polar surface area (TPSA) is 147 Å². The third kappa shape index (κ3) is 5.31. The summed E-state index contributed by atoms with van der Waals surface area (Å²) < 4.78 is 22.2. The molecule has 0 bridgehead atoms. The van der Waals surface area contributed by atoms with Gasteiger partial charge in [-0.15, -0.1) is 0 Å². The zero-order chi connectivity index (χ0) is 13.3. The smallest absolute Gasteiger partial charge is 1.00 e. The Kier molecular flexibility index (Phi) is 7.79. The van der Waals surface area contributed by atoms with Gasteiger partial charge in [0.05, 0.1) is 0 Å². The summed E-state index contributed by atoms with van der Waals surface area (Å²) in [6, 6.07) is 0. The summed E-state index contributed by atoms with van der Waals surface area (Å²) in [6.45, 7) is 0.920. The van der Waals surface area contributed by atoms with Crippen molar-refractivity contribution in [3.05, 3.63) is 0 Å². The summed E-state index contributed by atoms with van der Waals surface area (Å²) in [5.41, 5.74) is -1.73. The van der Waals surface area contributed by atoms with Crippen molar-refractivity contribution in [2.24, 2.45) is 5.92 Å². The third-order valence-corrected chi connectivity index (χ3v) is 5.58. The minimum atomic E-state index is -4.94. The van der Waals surface area contributed by atoms with Crippen molar-refractivity contribution < 1.29 is 64.8 Å². The van der Waals surface area contributed by atoms with Crippen molar-refractivity contribution in [2.75, 3.05) is 13.1 Å². The molecule has 11 heteroatoms. The molecular formula is C7H18NNaO7P2. The Morgan fingerprint density at radius 3 is 2.06 bits per heavy atom. The number of hydrogen-bond donors (Lipinski definition) is 6. The number of rotatable bonds is 4. The van der Waals surface area contributed by atoms with Crippen LogP contribution in [0.3, 0.4) is 0 Å². The quantitative estimate of drug-likeness (QED) is 0.228. The molecule has 1 fully saturated rings. The average Bonchev–Trinajstić information content (AvgIpc) is 2.15. The molecule has 1 aliphatic rings. The second-order valence-corrected chi connectivity index (χ2v) is 7.67. The molecule has 104 valence electrons. The first-order valence-corrected chi connectivity index (χ1v) is 8.49. The molecule has 0 saturated carbocycles. The van der Waals surface area contributed by atoms with Gasteiger partial charge in [-0.1, -0.05) is 0 Å². The molecular weight excluding hydrogens is 295 g/mol. The summed E-state index contributed by atoms with van der Waals surface area (Å²) in [5.74, 6) is -2.97. The molecule has 0 aromatic rings. The van der Waals surface area contributed by atoms with E-state index in [1.807, 2.05) is 0 Å². The van der Waals surface area contributed by atoms with E-state index in [-0.39, 0.29) is 37.5 Å². The van der Waals surface area contributed by atoms with Crippen LogP contribution in [0.15, 0.2) is 0 Å². The summed E-state index contributed by atoms with van der Waals surface area (Å²) in [7, 11) is -9.72. The van der Waals surface area contributed by atoms with Gasteiger partial charge in [0.25, 0.3) is 0 Å². The number of nitrogens with one attached hydrogen (secondary N) is 1. The standard InChI is InChI=1S/C7H17NO7P2.Na.H/c9-7(17(13,14)15)6(16(10,11)12)5-2-1-3-8-4-5;;/h5-9H,1-4H2,(H2,10,11,12)(H2,13,14,15);;/q;+1;-1. The van der Waals surface area contributed by atoms with Gasteiger partial charge in [-0.25, -0.2) is 0 Å². The van der Waals surface area contributed by atoms with Crippen LogP contribution >= 0.6 is 15.2 Å². The van der Waals surface area contributed by atoms with E-state index >= 15 is 0 Å². The molecule has 0 aromatic heterocycles. The van der Waals surface area contributed by atoms with Crippen molar-refractivity contribution in [3.63, 3.8) is 0 Å². The molecule has 0 aromatic carbocycles. The average molecular weight is 313 g/mol. The summed E-state index contributed by atoms with van der Waals surface area (Å²) in [5, 5.41) is 12.3. The largest absolute Gasteiger partial charge is 1.00 e. The van der Waals surface area contributed by atoms with Crippen LogP contribution in [0.1, 0.15) is 14.3 Å². The number of hydrogen-bond acceptors (Lipinski definition) is 4. The van der Waals surface area contributed by atoms with Crippen molar-refractivity contribution in [1.29, 1.82) is 0 Å². The van der Waals surface area contributed by atoms with Gasteiger partial charge in [-0.3, -0.25) is 9.13 Å². The van der Waals surface area contributed by atoms with Crippen molar-refractivity contribution >= 4 is 15.2 Å². The Morgan fingerprint density at radius 2 is 1.72 bits per heavy atom. The molecule has 0 aliphatic carbocycles. The van der Waals surface area contributed by atoms with Crippen molar-refractivity contribution in [1.82, 2.24) is 5.32 Å². The van der Waals surface area contributed by atoms with Crippen LogP contribution in [0.5, 0.6) is 0 Å². The van der Waals surface area contributed by atoms with Crippen LogP contribution in [0.2, 0.25) is 0 Å². The molecule has 0 spiro atoms. The van der Waals surface area contributed by atoms with Gasteiger partial charge in [0.2, 0.25) is 0 Å². The van der Waals surface area contributed by atoms with Gasteiger partial charge in [0.15, 0.2) is 5.85 Å². The van der Waals surface area contributed by atoms with Gasteiger partial charge >= 0.3 is 44.7 Å². The molecule has 1 saturated heterocycles. The Hall–Kier alpha value is 1.22. The number of piperidine rings is 1. The summed E-state index contributed by atoms with van der Waals surface area (Å²) >= 11 is 0. The van der Waals surface area contributed by atoms with E-state index in [9.17, 15) is 14.2 Å². The van der Waals surface area contributed by atoms with E-state index in [0.717, 1.165) is 0 Å². The van der Waals surface area contributed by atoms with E-state index in [1.165, 1.54) is 0 Å². The van der Waals surface area contributed by atoms with Crippen LogP contribution < -0.4 is 34.9 Å². The molecule has 6 N–H and O–H groups in total. The summed E-state index contributed by atoms with van der Waals surface area (Å²) in [4.78, 5) is 36.0. The van der Waals surface area contributed by atoms with Crippen LogP contribution in [0.25, 0.3) is 0 Å². The van der Waals surface area contributed by atoms with Crippen LogP contribution in [-0.4, -0.2) is 49.3 Å². The van der Waals surface area contributed by atoms with E-state index in [2.05, 4.69) is 5.32 Å². The zero-order valence-corrected chi connectivity index (χ0v) is 13.8. The van der Waals surface area contributed by atoms with Gasteiger partial charge in [0, 0.05) is 0 Å². The first kappa shape index (κ1) is 19.2. The predicted molar refractivity (Wildman–Crippen MR) is 60.6 cm³/mol. The first-order chi connectivity index (χ1) is 7.64. The first-order valence-electron chi connectivity index (χ1n) is 5.13. The van der Waals surface area contributed by atoms with E-state index in [0.29, 0.717) is 19.4 Å². The molecule has 18 heavy (non-hydrogen) atoms. The molecule has 0 radical (unpaired) electrons. The second kappa shape index (κ2) is 7.29. The van der Waals surface area contributed by atoms with Gasteiger partial charge in [0.1, 0.15) is 5.66 Å². The second-order valence-electron chi connectivity index (χ2n) is 4.19. The van der Waals surface area contributed by atoms with Crippen molar-refractivity contribution in [3.8, 4) is 0 Å². The molecule has 1 rings (SSSR count). The minimum Gasteiger partial charge on any atom is -1.00 e. The summed E-state index contributed by atoms with van der Waals surface area (Å²) in [6.07, 6.45) is 1.06. The predicted octanol–water partition coefficient (Wildman–Crippen LogP) is -3.86. The maximum absolute atomic E-state index is 11.3. The fourth-order valence-electron chi connectivity index (χ4n) is 2.06. The Labute approximate surface area is 128 Å². The van der Waals surface area contributed by atoms with E-state index in [1.54, 1.807) is 0 Å². The normalized spacial score (nSPS) is 25.1.